The van der Waals surface area contributed by atoms with Crippen LogP contribution in [0.4, 0.5) is 13.2 Å². The molecule has 1 N–H and O–H groups in total. The molecule has 2 aromatic carbocycles. The van der Waals surface area contributed by atoms with Crippen LogP contribution in [0.5, 0.6) is 0 Å². The summed E-state index contributed by atoms with van der Waals surface area (Å²) >= 11 is 0. The second-order valence-electron chi connectivity index (χ2n) is 9.80. The summed E-state index contributed by atoms with van der Waals surface area (Å²) in [7, 11) is 1.75. The molecule has 0 fully saturated rings. The number of aliphatic hydroxyl groups is 1. The van der Waals surface area contributed by atoms with Crippen LogP contribution in [0.2, 0.25) is 0 Å². The van der Waals surface area contributed by atoms with E-state index in [9.17, 15) is 23.1 Å². The van der Waals surface area contributed by atoms with Crippen LogP contribution in [0, 0.1) is 17.5 Å². The molecule has 0 saturated heterocycles. The number of amides is 1. The van der Waals surface area contributed by atoms with Crippen molar-refractivity contribution in [1.29, 1.82) is 0 Å². The van der Waals surface area contributed by atoms with Gasteiger partial charge < -0.3 is 14.6 Å². The Labute approximate surface area is 227 Å². The van der Waals surface area contributed by atoms with E-state index in [1.54, 1.807) is 53.1 Å². The van der Waals surface area contributed by atoms with Crippen molar-refractivity contribution in [2.24, 2.45) is 7.05 Å². The number of halogens is 3. The standard InChI is InChI=1S/C29H23F3N6O2/c1-36-13-22(27(35-36)18-2-4-19(30)5-3-18)21-8-9-34-25-14-38(28(39)26(21)25)16-29(40,15-37-11-10-33-17-37)23-7-6-20(31)12-24(23)32/h2-13,17,40H,14-16H2,1H3/t29-/m1/s1. The molecular formula is C29H23F3N6O2. The van der Waals surface area contributed by atoms with Gasteiger partial charge in [0.1, 0.15) is 28.7 Å². The highest BCUT2D eigenvalue weighted by Gasteiger charge is 2.41. The van der Waals surface area contributed by atoms with Crippen molar-refractivity contribution in [3.8, 4) is 22.4 Å². The molecule has 40 heavy (non-hydrogen) atoms. The predicted molar refractivity (Wildman–Crippen MR) is 139 cm³/mol. The van der Waals surface area contributed by atoms with Gasteiger partial charge in [-0.2, -0.15) is 5.10 Å². The number of β-amino-alcohol motifs (C(OH)–C–C–N with tert-alkyl or cyclic N) is 1. The second-order valence-corrected chi connectivity index (χ2v) is 9.80. The molecular weight excluding hydrogens is 521 g/mol. The average Bonchev–Trinajstić information content (AvgIpc) is 3.64. The van der Waals surface area contributed by atoms with Gasteiger partial charge in [-0.15, -0.1) is 0 Å². The number of imidazole rings is 1. The molecule has 1 aliphatic rings. The number of hydrogen-bond acceptors (Lipinski definition) is 5. The number of benzene rings is 2. The van der Waals surface area contributed by atoms with E-state index < -0.39 is 23.1 Å². The highest BCUT2D eigenvalue weighted by Crippen LogP contribution is 2.38. The molecule has 202 valence electrons. The smallest absolute Gasteiger partial charge is 0.256 e. The van der Waals surface area contributed by atoms with Gasteiger partial charge in [0.25, 0.3) is 5.91 Å². The highest BCUT2D eigenvalue weighted by atomic mass is 19.1. The number of rotatable bonds is 7. The van der Waals surface area contributed by atoms with Crippen LogP contribution in [-0.2, 0) is 25.7 Å². The van der Waals surface area contributed by atoms with E-state index in [0.29, 0.717) is 39.7 Å². The topological polar surface area (TPSA) is 89.1 Å². The van der Waals surface area contributed by atoms with E-state index in [1.165, 1.54) is 35.6 Å². The van der Waals surface area contributed by atoms with E-state index in [1.807, 2.05) is 0 Å². The Morgan fingerprint density at radius 1 is 0.975 bits per heavy atom. The number of aryl methyl sites for hydroxylation is 1. The molecule has 0 bridgehead atoms. The van der Waals surface area contributed by atoms with Gasteiger partial charge in [-0.1, -0.05) is 6.07 Å². The molecule has 1 atom stereocenters. The molecule has 6 rings (SSSR count). The van der Waals surface area contributed by atoms with Crippen LogP contribution in [-0.4, -0.2) is 46.8 Å². The summed E-state index contributed by atoms with van der Waals surface area (Å²) in [6, 6.07) is 10.6. The fraction of sp³-hybridized carbons (Fsp3) is 0.172. The molecule has 5 aromatic rings. The third-order valence-corrected chi connectivity index (χ3v) is 7.00. The molecule has 0 spiro atoms. The summed E-state index contributed by atoms with van der Waals surface area (Å²) in [5.41, 5.74) is 1.23. The van der Waals surface area contributed by atoms with Crippen LogP contribution in [0.1, 0.15) is 21.6 Å². The average molecular weight is 545 g/mol. The first-order chi connectivity index (χ1) is 19.2. The molecule has 4 heterocycles. The quantitative estimate of drug-likeness (QED) is 0.330. The first kappa shape index (κ1) is 25.5. The second kappa shape index (κ2) is 9.76. The van der Waals surface area contributed by atoms with Crippen LogP contribution in [0.25, 0.3) is 22.4 Å². The number of hydrogen-bond donors (Lipinski definition) is 1. The fourth-order valence-electron chi connectivity index (χ4n) is 5.22. The Kier molecular flexibility index (Phi) is 6.22. The molecule has 0 saturated carbocycles. The lowest BCUT2D eigenvalue weighted by Gasteiger charge is -2.33. The first-order valence-corrected chi connectivity index (χ1v) is 12.4. The number of fused-ring (bicyclic) bond motifs is 1. The summed E-state index contributed by atoms with van der Waals surface area (Å²) in [5, 5.41) is 16.4. The zero-order valence-electron chi connectivity index (χ0n) is 21.3. The summed E-state index contributed by atoms with van der Waals surface area (Å²) < 4.78 is 45.4. The molecule has 0 radical (unpaired) electrons. The molecule has 0 aliphatic carbocycles. The van der Waals surface area contributed by atoms with E-state index in [4.69, 9.17) is 0 Å². The Morgan fingerprint density at radius 3 is 2.48 bits per heavy atom. The third kappa shape index (κ3) is 4.54. The molecule has 3 aromatic heterocycles. The summed E-state index contributed by atoms with van der Waals surface area (Å²) in [6.45, 7) is -0.350. The minimum atomic E-state index is -1.91. The van der Waals surface area contributed by atoms with Gasteiger partial charge in [0.05, 0.1) is 37.2 Å². The molecule has 8 nitrogen and oxygen atoms in total. The zero-order valence-corrected chi connectivity index (χ0v) is 21.3. The molecule has 1 amide bonds. The number of carbonyl (C=O) groups is 1. The summed E-state index contributed by atoms with van der Waals surface area (Å²) in [5.74, 6) is -2.49. The third-order valence-electron chi connectivity index (χ3n) is 7.00. The zero-order chi connectivity index (χ0) is 28.0. The van der Waals surface area contributed by atoms with Crippen molar-refractivity contribution in [2.45, 2.75) is 18.7 Å². The van der Waals surface area contributed by atoms with Crippen LogP contribution < -0.4 is 0 Å². The Bertz CT molecular complexity index is 1720. The maximum Gasteiger partial charge on any atom is 0.256 e. The van der Waals surface area contributed by atoms with Crippen molar-refractivity contribution >= 4 is 5.91 Å². The Morgan fingerprint density at radius 2 is 1.75 bits per heavy atom. The lowest BCUT2D eigenvalue weighted by Crippen LogP contribution is -2.44. The SMILES string of the molecule is Cn1cc(-c2ccnc3c2C(=O)N(C[C@](O)(Cn2ccnc2)c2ccc(F)cc2F)C3)c(-c2ccc(F)cc2)n1. The minimum absolute atomic E-state index is 0.0726. The summed E-state index contributed by atoms with van der Waals surface area (Å²) in [6.07, 6.45) is 7.94. The lowest BCUT2D eigenvalue weighted by molar-refractivity contribution is -0.0150. The highest BCUT2D eigenvalue weighted by molar-refractivity contribution is 6.05. The molecule has 0 unspecified atom stereocenters. The van der Waals surface area contributed by atoms with E-state index in [2.05, 4.69) is 15.1 Å². The van der Waals surface area contributed by atoms with Gasteiger partial charge in [-0.05, 0) is 36.4 Å². The largest absolute Gasteiger partial charge is 0.381 e. The van der Waals surface area contributed by atoms with Crippen LogP contribution in [0.15, 0.2) is 79.6 Å². The monoisotopic (exact) mass is 544 g/mol. The summed E-state index contributed by atoms with van der Waals surface area (Å²) in [4.78, 5) is 23.7. The predicted octanol–water partition coefficient (Wildman–Crippen LogP) is 4.31. The van der Waals surface area contributed by atoms with Crippen molar-refractivity contribution in [2.75, 3.05) is 6.54 Å². The van der Waals surface area contributed by atoms with Gasteiger partial charge in [-0.25, -0.2) is 18.2 Å². The number of pyridine rings is 1. The van der Waals surface area contributed by atoms with Crippen molar-refractivity contribution in [3.05, 3.63) is 114 Å². The molecule has 1 aliphatic heterocycles. The maximum absolute atomic E-state index is 15.0. The van der Waals surface area contributed by atoms with Gasteiger partial charge in [0, 0.05) is 60.2 Å². The Balaban J connectivity index is 1.38. The first-order valence-electron chi connectivity index (χ1n) is 12.4. The Hall–Kier alpha value is -4.77. The minimum Gasteiger partial charge on any atom is -0.381 e. The van der Waals surface area contributed by atoms with Crippen LogP contribution >= 0.6 is 0 Å². The fourth-order valence-corrected chi connectivity index (χ4v) is 5.22. The van der Waals surface area contributed by atoms with E-state index in [-0.39, 0.29) is 31.0 Å². The number of carbonyl (C=O) groups excluding carboxylic acids is 1. The van der Waals surface area contributed by atoms with E-state index >= 15 is 0 Å². The number of aromatic nitrogens is 5. The van der Waals surface area contributed by atoms with E-state index in [0.717, 1.165) is 6.07 Å². The maximum atomic E-state index is 15.0. The van der Waals surface area contributed by atoms with Gasteiger partial charge >= 0.3 is 0 Å². The van der Waals surface area contributed by atoms with Gasteiger partial charge in [0.2, 0.25) is 0 Å². The molecule has 11 heteroatoms. The van der Waals surface area contributed by atoms with Gasteiger partial charge in [0.15, 0.2) is 0 Å². The van der Waals surface area contributed by atoms with Crippen LogP contribution in [0.3, 0.4) is 0 Å². The van der Waals surface area contributed by atoms with Crippen molar-refractivity contribution in [1.82, 2.24) is 29.2 Å². The number of nitrogens with zero attached hydrogens (tertiary/aromatic N) is 6. The lowest BCUT2D eigenvalue weighted by atomic mass is 9.92. The normalized spacial score (nSPS) is 14.4. The van der Waals surface area contributed by atoms with Crippen molar-refractivity contribution < 1.29 is 23.1 Å². The van der Waals surface area contributed by atoms with Gasteiger partial charge in [-0.3, -0.25) is 14.5 Å². The van der Waals surface area contributed by atoms with Crippen molar-refractivity contribution in [3.63, 3.8) is 0 Å².